The Morgan fingerprint density at radius 1 is 1.14 bits per heavy atom. The maximum atomic E-state index is 12.0. The van der Waals surface area contributed by atoms with Gasteiger partial charge in [0.1, 0.15) is 0 Å². The standard InChI is InChI=1S/C17H27N3O2/c1-4-18-12-14-7-5-6-8-15(14)20-16(21)9-10-19-17(22)11-13(2)3/h5-8,13,18H,4,9-12H2,1-3H3,(H,19,22)(H,20,21). The number of hydrogen-bond donors (Lipinski definition) is 3. The lowest BCUT2D eigenvalue weighted by molar-refractivity contribution is -0.121. The number of amides is 2. The van der Waals surface area contributed by atoms with Gasteiger partial charge in [-0.25, -0.2) is 0 Å². The van der Waals surface area contributed by atoms with Crippen molar-refractivity contribution >= 4 is 17.5 Å². The molecule has 0 heterocycles. The second-order valence-electron chi connectivity index (χ2n) is 5.68. The lowest BCUT2D eigenvalue weighted by atomic mass is 10.1. The minimum Gasteiger partial charge on any atom is -0.356 e. The average molecular weight is 305 g/mol. The van der Waals surface area contributed by atoms with E-state index in [0.29, 0.717) is 18.9 Å². The molecule has 0 aliphatic rings. The van der Waals surface area contributed by atoms with Crippen molar-refractivity contribution in [2.75, 3.05) is 18.4 Å². The molecule has 0 fully saturated rings. The van der Waals surface area contributed by atoms with E-state index >= 15 is 0 Å². The molecule has 0 aromatic heterocycles. The number of rotatable bonds is 9. The van der Waals surface area contributed by atoms with Crippen LogP contribution >= 0.6 is 0 Å². The summed E-state index contributed by atoms with van der Waals surface area (Å²) >= 11 is 0. The maximum Gasteiger partial charge on any atom is 0.226 e. The fraction of sp³-hybridized carbons (Fsp3) is 0.529. The van der Waals surface area contributed by atoms with Crippen LogP contribution in [0.1, 0.15) is 39.2 Å². The molecule has 0 saturated carbocycles. The molecule has 0 unspecified atom stereocenters. The van der Waals surface area contributed by atoms with Crippen LogP contribution in [0.25, 0.3) is 0 Å². The molecule has 0 atom stereocenters. The molecule has 122 valence electrons. The van der Waals surface area contributed by atoms with Crippen LogP contribution in [-0.4, -0.2) is 24.9 Å². The van der Waals surface area contributed by atoms with Gasteiger partial charge >= 0.3 is 0 Å². The third-order valence-corrected chi connectivity index (χ3v) is 3.12. The minimum absolute atomic E-state index is 0.00431. The Morgan fingerprint density at radius 2 is 1.86 bits per heavy atom. The highest BCUT2D eigenvalue weighted by atomic mass is 16.2. The summed E-state index contributed by atoms with van der Waals surface area (Å²) in [4.78, 5) is 23.5. The van der Waals surface area contributed by atoms with E-state index in [1.807, 2.05) is 45.0 Å². The van der Waals surface area contributed by atoms with Gasteiger partial charge in [-0.2, -0.15) is 0 Å². The van der Waals surface area contributed by atoms with Crippen molar-refractivity contribution in [3.8, 4) is 0 Å². The fourth-order valence-corrected chi connectivity index (χ4v) is 2.03. The summed E-state index contributed by atoms with van der Waals surface area (Å²) in [5, 5.41) is 8.92. The topological polar surface area (TPSA) is 70.2 Å². The fourth-order valence-electron chi connectivity index (χ4n) is 2.03. The Morgan fingerprint density at radius 3 is 2.55 bits per heavy atom. The first-order valence-electron chi connectivity index (χ1n) is 7.88. The predicted octanol–water partition coefficient (Wildman–Crippen LogP) is 2.29. The number of carbonyl (C=O) groups excluding carboxylic acids is 2. The summed E-state index contributed by atoms with van der Waals surface area (Å²) in [6.45, 7) is 8.00. The first-order valence-corrected chi connectivity index (χ1v) is 7.88. The molecule has 1 rings (SSSR count). The van der Waals surface area contributed by atoms with Gasteiger partial charge in [-0.3, -0.25) is 9.59 Å². The highest BCUT2D eigenvalue weighted by molar-refractivity contribution is 5.91. The summed E-state index contributed by atoms with van der Waals surface area (Å²) in [6.07, 6.45) is 0.770. The Hall–Kier alpha value is -1.88. The third kappa shape index (κ3) is 7.22. The largest absolute Gasteiger partial charge is 0.356 e. The normalized spacial score (nSPS) is 10.5. The van der Waals surface area contributed by atoms with Crippen molar-refractivity contribution in [3.05, 3.63) is 29.8 Å². The maximum absolute atomic E-state index is 12.0. The number of nitrogens with one attached hydrogen (secondary N) is 3. The predicted molar refractivity (Wildman–Crippen MR) is 89.5 cm³/mol. The zero-order chi connectivity index (χ0) is 16.4. The Kier molecular flexibility index (Phi) is 8.22. The van der Waals surface area contributed by atoms with Crippen LogP contribution in [0.2, 0.25) is 0 Å². The molecule has 3 N–H and O–H groups in total. The molecule has 2 amide bonds. The number of anilines is 1. The van der Waals surface area contributed by atoms with Crippen LogP contribution in [0.4, 0.5) is 5.69 Å². The molecule has 22 heavy (non-hydrogen) atoms. The summed E-state index contributed by atoms with van der Waals surface area (Å²) in [5.41, 5.74) is 1.88. The van der Waals surface area contributed by atoms with Crippen LogP contribution < -0.4 is 16.0 Å². The molecule has 0 radical (unpaired) electrons. The first-order chi connectivity index (χ1) is 10.5. The molecular weight excluding hydrogens is 278 g/mol. The molecule has 1 aromatic carbocycles. The Labute approximate surface area is 132 Å². The van der Waals surface area contributed by atoms with Crippen molar-refractivity contribution in [1.29, 1.82) is 0 Å². The van der Waals surface area contributed by atoms with Crippen molar-refractivity contribution in [3.63, 3.8) is 0 Å². The van der Waals surface area contributed by atoms with E-state index in [2.05, 4.69) is 16.0 Å². The van der Waals surface area contributed by atoms with E-state index in [9.17, 15) is 9.59 Å². The third-order valence-electron chi connectivity index (χ3n) is 3.12. The number of hydrogen-bond acceptors (Lipinski definition) is 3. The Bertz CT molecular complexity index is 487. The van der Waals surface area contributed by atoms with Crippen LogP contribution in [0.3, 0.4) is 0 Å². The van der Waals surface area contributed by atoms with Gasteiger partial charge in [-0.15, -0.1) is 0 Å². The molecular formula is C17H27N3O2. The molecule has 0 aliphatic heterocycles. The van der Waals surface area contributed by atoms with E-state index in [1.165, 1.54) is 0 Å². The van der Waals surface area contributed by atoms with E-state index in [4.69, 9.17) is 0 Å². The van der Waals surface area contributed by atoms with Crippen LogP contribution in [-0.2, 0) is 16.1 Å². The van der Waals surface area contributed by atoms with Gasteiger partial charge < -0.3 is 16.0 Å². The average Bonchev–Trinajstić information content (AvgIpc) is 2.45. The van der Waals surface area contributed by atoms with Crippen LogP contribution in [0.15, 0.2) is 24.3 Å². The number of para-hydroxylation sites is 1. The zero-order valence-corrected chi connectivity index (χ0v) is 13.7. The van der Waals surface area contributed by atoms with Gasteiger partial charge in [0.05, 0.1) is 0 Å². The van der Waals surface area contributed by atoms with Gasteiger partial charge in [-0.1, -0.05) is 39.0 Å². The highest BCUT2D eigenvalue weighted by Crippen LogP contribution is 2.14. The number of benzene rings is 1. The molecule has 0 bridgehead atoms. The first kappa shape index (κ1) is 18.2. The van der Waals surface area contributed by atoms with Crippen molar-refractivity contribution in [2.45, 2.75) is 40.2 Å². The van der Waals surface area contributed by atoms with Crippen molar-refractivity contribution < 1.29 is 9.59 Å². The second-order valence-corrected chi connectivity index (χ2v) is 5.68. The zero-order valence-electron chi connectivity index (χ0n) is 13.7. The lowest BCUT2D eigenvalue weighted by Gasteiger charge is -2.12. The van der Waals surface area contributed by atoms with Gasteiger partial charge in [-0.05, 0) is 24.1 Å². The second kappa shape index (κ2) is 9.95. The van der Waals surface area contributed by atoms with Crippen LogP contribution in [0, 0.1) is 5.92 Å². The minimum atomic E-state index is -0.0891. The van der Waals surface area contributed by atoms with Gasteiger partial charge in [0.25, 0.3) is 0 Å². The summed E-state index contributed by atoms with van der Waals surface area (Å²) in [6, 6.07) is 7.73. The molecule has 0 aliphatic carbocycles. The van der Waals surface area contributed by atoms with E-state index in [-0.39, 0.29) is 18.2 Å². The summed E-state index contributed by atoms with van der Waals surface area (Å²) in [5.74, 6) is 0.232. The molecule has 0 saturated heterocycles. The monoisotopic (exact) mass is 305 g/mol. The summed E-state index contributed by atoms with van der Waals surface area (Å²) in [7, 11) is 0. The van der Waals surface area contributed by atoms with Gasteiger partial charge in [0.15, 0.2) is 0 Å². The molecule has 1 aromatic rings. The lowest BCUT2D eigenvalue weighted by Crippen LogP contribution is -2.28. The van der Waals surface area contributed by atoms with Crippen molar-refractivity contribution in [1.82, 2.24) is 10.6 Å². The smallest absolute Gasteiger partial charge is 0.226 e. The van der Waals surface area contributed by atoms with E-state index in [1.54, 1.807) is 0 Å². The molecule has 0 spiro atoms. The number of carbonyl (C=O) groups is 2. The molecule has 5 nitrogen and oxygen atoms in total. The van der Waals surface area contributed by atoms with Gasteiger partial charge in [0.2, 0.25) is 11.8 Å². The van der Waals surface area contributed by atoms with Crippen LogP contribution in [0.5, 0.6) is 0 Å². The van der Waals surface area contributed by atoms with E-state index in [0.717, 1.165) is 24.3 Å². The quantitative estimate of drug-likeness (QED) is 0.655. The van der Waals surface area contributed by atoms with E-state index < -0.39 is 0 Å². The Balaban J connectivity index is 2.40. The van der Waals surface area contributed by atoms with Crippen molar-refractivity contribution in [2.24, 2.45) is 5.92 Å². The molecule has 5 heteroatoms. The van der Waals surface area contributed by atoms with Gasteiger partial charge in [0, 0.05) is 31.6 Å². The SMILES string of the molecule is CCNCc1ccccc1NC(=O)CCNC(=O)CC(C)C. The summed E-state index contributed by atoms with van der Waals surface area (Å²) < 4.78 is 0. The highest BCUT2D eigenvalue weighted by Gasteiger charge is 2.08.